The molecule has 0 aliphatic rings. The quantitative estimate of drug-likeness (QED) is 0.744. The van der Waals surface area contributed by atoms with Crippen LogP contribution in [0.4, 0.5) is 5.69 Å². The van der Waals surface area contributed by atoms with E-state index in [1.54, 1.807) is 24.3 Å². The lowest BCUT2D eigenvalue weighted by Crippen LogP contribution is -2.29. The molecule has 3 rings (SSSR count). The first-order valence-electron chi connectivity index (χ1n) is 7.31. The van der Waals surface area contributed by atoms with E-state index in [2.05, 4.69) is 5.32 Å². The van der Waals surface area contributed by atoms with E-state index in [1.165, 1.54) is 25.1 Å². The minimum atomic E-state index is -1.14. The smallest absolute Gasteiger partial charge is 0.420 e. The van der Waals surface area contributed by atoms with Crippen LogP contribution in [0.15, 0.2) is 51.7 Å². The normalized spacial score (nSPS) is 12.1. The number of nitrogens with zero attached hydrogens (tertiary/aromatic N) is 1. The van der Waals surface area contributed by atoms with Gasteiger partial charge in [0.15, 0.2) is 5.58 Å². The number of aromatic nitrogens is 1. The first-order chi connectivity index (χ1) is 11.9. The number of oxazole rings is 1. The fourth-order valence-corrected chi connectivity index (χ4v) is 2.56. The second kappa shape index (κ2) is 6.45. The van der Waals surface area contributed by atoms with Gasteiger partial charge >= 0.3 is 11.7 Å². The molecule has 1 heterocycles. The lowest BCUT2D eigenvalue weighted by Gasteiger charge is -2.13. The van der Waals surface area contributed by atoms with Crippen LogP contribution in [0, 0.1) is 0 Å². The zero-order valence-electron chi connectivity index (χ0n) is 13.0. The van der Waals surface area contributed by atoms with Crippen LogP contribution < -0.4 is 11.1 Å². The number of hydrogen-bond donors (Lipinski definition) is 2. The number of amides is 1. The van der Waals surface area contributed by atoms with Crippen LogP contribution in [-0.2, 0) is 4.79 Å². The van der Waals surface area contributed by atoms with Crippen molar-refractivity contribution in [1.29, 1.82) is 0 Å². The van der Waals surface area contributed by atoms with Crippen LogP contribution in [-0.4, -0.2) is 21.6 Å². The summed E-state index contributed by atoms with van der Waals surface area (Å²) in [4.78, 5) is 35.7. The Morgan fingerprint density at radius 1 is 1.20 bits per heavy atom. The van der Waals surface area contributed by atoms with Gasteiger partial charge in [-0.2, -0.15) is 0 Å². The van der Waals surface area contributed by atoms with Crippen molar-refractivity contribution in [3.05, 3.63) is 63.6 Å². The number of anilines is 1. The molecule has 0 saturated carbocycles. The summed E-state index contributed by atoms with van der Waals surface area (Å²) in [6, 6.07) is 9.62. The van der Waals surface area contributed by atoms with E-state index >= 15 is 0 Å². The third-order valence-corrected chi connectivity index (χ3v) is 3.99. The predicted octanol–water partition coefficient (Wildman–Crippen LogP) is 3.15. The monoisotopic (exact) mass is 360 g/mol. The van der Waals surface area contributed by atoms with Crippen LogP contribution in [0.2, 0.25) is 5.02 Å². The number of carboxylic acids is 1. The van der Waals surface area contributed by atoms with Gasteiger partial charge in [0.1, 0.15) is 6.04 Å². The largest absolute Gasteiger partial charge is 0.478 e. The molecule has 0 aliphatic heterocycles. The zero-order chi connectivity index (χ0) is 18.1. The number of fused-ring (bicyclic) bond motifs is 1. The fourth-order valence-electron chi connectivity index (χ4n) is 2.43. The van der Waals surface area contributed by atoms with Crippen molar-refractivity contribution in [2.75, 3.05) is 5.32 Å². The van der Waals surface area contributed by atoms with E-state index in [-0.39, 0.29) is 16.7 Å². The van der Waals surface area contributed by atoms with Crippen molar-refractivity contribution < 1.29 is 19.1 Å². The van der Waals surface area contributed by atoms with Crippen molar-refractivity contribution >= 4 is 40.3 Å². The minimum Gasteiger partial charge on any atom is -0.478 e. The molecule has 0 aliphatic carbocycles. The highest BCUT2D eigenvalue weighted by molar-refractivity contribution is 6.30. The van der Waals surface area contributed by atoms with E-state index in [9.17, 15) is 14.4 Å². The summed E-state index contributed by atoms with van der Waals surface area (Å²) in [6.07, 6.45) is 0. The van der Waals surface area contributed by atoms with Gasteiger partial charge < -0.3 is 14.8 Å². The summed E-state index contributed by atoms with van der Waals surface area (Å²) in [6.45, 7) is 1.52. The van der Waals surface area contributed by atoms with Crippen molar-refractivity contribution in [3.8, 4) is 0 Å². The number of carbonyl (C=O) groups excluding carboxylic acids is 1. The average molecular weight is 361 g/mol. The van der Waals surface area contributed by atoms with Crippen molar-refractivity contribution in [2.45, 2.75) is 13.0 Å². The van der Waals surface area contributed by atoms with Gasteiger partial charge in [-0.1, -0.05) is 11.6 Å². The van der Waals surface area contributed by atoms with E-state index in [0.717, 1.165) is 4.57 Å². The Bertz CT molecular complexity index is 1020. The van der Waals surface area contributed by atoms with E-state index in [4.69, 9.17) is 21.1 Å². The Hall–Kier alpha value is -3.06. The molecule has 1 unspecified atom stereocenters. The molecular weight excluding hydrogens is 348 g/mol. The van der Waals surface area contributed by atoms with Crippen LogP contribution >= 0.6 is 11.6 Å². The Balaban J connectivity index is 1.96. The molecule has 128 valence electrons. The number of halogens is 1. The van der Waals surface area contributed by atoms with Crippen LogP contribution in [0.25, 0.3) is 11.1 Å². The average Bonchev–Trinajstić information content (AvgIpc) is 2.91. The number of rotatable bonds is 4. The molecule has 0 bridgehead atoms. The summed E-state index contributed by atoms with van der Waals surface area (Å²) >= 11 is 5.80. The van der Waals surface area contributed by atoms with Gasteiger partial charge in [0, 0.05) is 10.7 Å². The number of nitrogens with one attached hydrogen (secondary N) is 1. The highest BCUT2D eigenvalue weighted by atomic mass is 35.5. The third kappa shape index (κ3) is 3.27. The SMILES string of the molecule is CC(C(=O)Nc1ccc(Cl)cc1)n1c(=O)oc2ccc(C(=O)O)cc21. The number of hydrogen-bond acceptors (Lipinski definition) is 4. The molecule has 7 nitrogen and oxygen atoms in total. The van der Waals surface area contributed by atoms with E-state index < -0.39 is 23.7 Å². The molecule has 25 heavy (non-hydrogen) atoms. The van der Waals surface area contributed by atoms with Gasteiger partial charge in [-0.3, -0.25) is 9.36 Å². The molecule has 1 aromatic heterocycles. The van der Waals surface area contributed by atoms with Crippen molar-refractivity contribution in [3.63, 3.8) is 0 Å². The van der Waals surface area contributed by atoms with Crippen LogP contribution in [0.1, 0.15) is 23.3 Å². The Kier molecular flexibility index (Phi) is 4.33. The van der Waals surface area contributed by atoms with Gasteiger partial charge in [0.25, 0.3) is 0 Å². The molecule has 0 radical (unpaired) electrons. The first kappa shape index (κ1) is 16.8. The molecule has 2 aromatic carbocycles. The third-order valence-electron chi connectivity index (χ3n) is 3.74. The molecule has 0 saturated heterocycles. The number of benzene rings is 2. The molecular formula is C17H13ClN2O5. The lowest BCUT2D eigenvalue weighted by atomic mass is 10.2. The zero-order valence-corrected chi connectivity index (χ0v) is 13.8. The number of aromatic carboxylic acids is 1. The molecule has 2 N–H and O–H groups in total. The Labute approximate surface area is 146 Å². The Morgan fingerprint density at radius 3 is 2.52 bits per heavy atom. The summed E-state index contributed by atoms with van der Waals surface area (Å²) in [5.41, 5.74) is 0.963. The van der Waals surface area contributed by atoms with Gasteiger partial charge in [0.05, 0.1) is 11.1 Å². The summed E-state index contributed by atoms with van der Waals surface area (Å²) in [7, 11) is 0. The summed E-state index contributed by atoms with van der Waals surface area (Å²) in [5.74, 6) is -2.33. The highest BCUT2D eigenvalue weighted by Gasteiger charge is 2.22. The van der Waals surface area contributed by atoms with Crippen molar-refractivity contribution in [2.24, 2.45) is 0 Å². The standard InChI is InChI=1S/C17H13ClN2O5/c1-9(15(21)19-12-5-3-11(18)4-6-12)20-13-8-10(16(22)23)2-7-14(13)25-17(20)24/h2-9H,1H3,(H,19,21)(H,22,23). The van der Waals surface area contributed by atoms with Gasteiger partial charge in [-0.15, -0.1) is 0 Å². The summed E-state index contributed by atoms with van der Waals surface area (Å²) < 4.78 is 6.21. The molecule has 1 atom stereocenters. The topological polar surface area (TPSA) is 102 Å². The Morgan fingerprint density at radius 2 is 1.88 bits per heavy atom. The van der Waals surface area contributed by atoms with Crippen LogP contribution in [0.5, 0.6) is 0 Å². The van der Waals surface area contributed by atoms with Crippen LogP contribution in [0.3, 0.4) is 0 Å². The molecule has 3 aromatic rings. The maximum absolute atomic E-state index is 12.4. The molecule has 0 spiro atoms. The predicted molar refractivity (Wildman–Crippen MR) is 92.2 cm³/mol. The highest BCUT2D eigenvalue weighted by Crippen LogP contribution is 2.21. The van der Waals surface area contributed by atoms with Gasteiger partial charge in [-0.25, -0.2) is 9.59 Å². The van der Waals surface area contributed by atoms with E-state index in [1.807, 2.05) is 0 Å². The summed E-state index contributed by atoms with van der Waals surface area (Å²) in [5, 5.41) is 12.3. The van der Waals surface area contributed by atoms with Gasteiger partial charge in [0.2, 0.25) is 5.91 Å². The molecule has 8 heteroatoms. The molecule has 1 amide bonds. The molecule has 0 fully saturated rings. The fraction of sp³-hybridized carbons (Fsp3) is 0.118. The van der Waals surface area contributed by atoms with Gasteiger partial charge in [-0.05, 0) is 49.4 Å². The minimum absolute atomic E-state index is 0.00707. The van der Waals surface area contributed by atoms with Crippen molar-refractivity contribution in [1.82, 2.24) is 4.57 Å². The number of carbonyl (C=O) groups is 2. The number of carboxylic acid groups (broad SMARTS) is 1. The maximum Gasteiger partial charge on any atom is 0.420 e. The second-order valence-corrected chi connectivity index (χ2v) is 5.83. The maximum atomic E-state index is 12.4. The lowest BCUT2D eigenvalue weighted by molar-refractivity contribution is -0.118. The first-order valence-corrected chi connectivity index (χ1v) is 7.69. The van der Waals surface area contributed by atoms with E-state index in [0.29, 0.717) is 10.7 Å². The second-order valence-electron chi connectivity index (χ2n) is 5.40.